The fourth-order valence-electron chi connectivity index (χ4n) is 4.96. The maximum atomic E-state index is 13.4. The van der Waals surface area contributed by atoms with Gasteiger partial charge in [-0.2, -0.15) is 0 Å². The van der Waals surface area contributed by atoms with Crippen LogP contribution in [0.5, 0.6) is 5.88 Å². The lowest BCUT2D eigenvalue weighted by atomic mass is 9.70. The second kappa shape index (κ2) is 8.71. The van der Waals surface area contributed by atoms with Crippen LogP contribution in [0.1, 0.15) is 55.1 Å². The van der Waals surface area contributed by atoms with E-state index >= 15 is 0 Å². The van der Waals surface area contributed by atoms with Crippen molar-refractivity contribution in [3.05, 3.63) is 101 Å². The van der Waals surface area contributed by atoms with Gasteiger partial charge in [-0.25, -0.2) is 14.5 Å². The normalized spacial score (nSPS) is 18.7. The molecule has 0 fully saturated rings. The van der Waals surface area contributed by atoms with Crippen molar-refractivity contribution in [2.24, 2.45) is 10.6 Å². The number of aromatic nitrogens is 4. The number of Topliss-reactive ketones (excluding diaryl/α,β-unsaturated/α-hetero) is 1. The predicted octanol–water partition coefficient (Wildman–Crippen LogP) is 4.84. The van der Waals surface area contributed by atoms with Gasteiger partial charge in [0.25, 0.3) is 0 Å². The third-order valence-corrected chi connectivity index (χ3v) is 6.51. The van der Waals surface area contributed by atoms with Crippen LogP contribution in [-0.2, 0) is 16.2 Å². The summed E-state index contributed by atoms with van der Waals surface area (Å²) in [6, 6.07) is 19.7. The number of nitrogens with zero attached hydrogens (tertiary/aromatic N) is 5. The van der Waals surface area contributed by atoms with E-state index in [0.29, 0.717) is 41.5 Å². The van der Waals surface area contributed by atoms with E-state index in [2.05, 4.69) is 29.1 Å². The molecule has 0 amide bonds. The predicted molar refractivity (Wildman–Crippen MR) is 134 cm³/mol. The number of benzene rings is 2. The highest BCUT2D eigenvalue weighted by atomic mass is 16.6. The molecule has 1 aliphatic heterocycles. The van der Waals surface area contributed by atoms with Crippen LogP contribution in [0, 0.1) is 5.41 Å². The van der Waals surface area contributed by atoms with Gasteiger partial charge in [-0.1, -0.05) is 79.7 Å². The van der Waals surface area contributed by atoms with E-state index in [9.17, 15) is 4.79 Å². The zero-order chi connectivity index (χ0) is 24.7. The van der Waals surface area contributed by atoms with Crippen molar-refractivity contribution < 1.29 is 14.4 Å². The van der Waals surface area contributed by atoms with Crippen LogP contribution in [0.25, 0.3) is 5.65 Å². The van der Waals surface area contributed by atoms with E-state index in [4.69, 9.17) is 14.6 Å². The van der Waals surface area contributed by atoms with Crippen molar-refractivity contribution >= 4 is 17.6 Å². The Balaban J connectivity index is 1.39. The molecule has 1 unspecified atom stereocenters. The molecule has 6 rings (SSSR count). The van der Waals surface area contributed by atoms with Crippen LogP contribution in [0.3, 0.4) is 0 Å². The molecule has 2 aliphatic rings. The largest absolute Gasteiger partial charge is 0.442 e. The average molecular weight is 480 g/mol. The molecule has 0 N–H and O–H groups in total. The molecular formula is C28H25N5O3. The molecule has 180 valence electrons. The summed E-state index contributed by atoms with van der Waals surface area (Å²) in [5.41, 5.74) is 3.77. The molecule has 1 atom stereocenters. The molecule has 8 nitrogen and oxygen atoms in total. The number of rotatable bonds is 5. The number of allylic oxidation sites excluding steroid dienone is 2. The summed E-state index contributed by atoms with van der Waals surface area (Å²) in [6.45, 7) is 4.28. The molecule has 0 spiro atoms. The van der Waals surface area contributed by atoms with E-state index in [1.165, 1.54) is 0 Å². The first-order chi connectivity index (χ1) is 17.5. The first-order valence-electron chi connectivity index (χ1n) is 11.9. The summed E-state index contributed by atoms with van der Waals surface area (Å²) >= 11 is 0. The van der Waals surface area contributed by atoms with Gasteiger partial charge in [0.1, 0.15) is 12.1 Å². The Morgan fingerprint density at radius 3 is 2.64 bits per heavy atom. The summed E-state index contributed by atoms with van der Waals surface area (Å²) in [5, 5.41) is 8.56. The average Bonchev–Trinajstić information content (AvgIpc) is 3.29. The Bertz CT molecular complexity index is 1510. The van der Waals surface area contributed by atoms with Crippen LogP contribution < -0.4 is 4.74 Å². The van der Waals surface area contributed by atoms with E-state index < -0.39 is 0 Å². The molecule has 3 heterocycles. The van der Waals surface area contributed by atoms with Crippen molar-refractivity contribution in [3.63, 3.8) is 0 Å². The van der Waals surface area contributed by atoms with Gasteiger partial charge < -0.3 is 9.57 Å². The molecule has 4 aromatic rings. The number of hydrogen-bond donors (Lipinski definition) is 0. The number of hydrogen-bond acceptors (Lipinski definition) is 7. The Morgan fingerprint density at radius 1 is 1.11 bits per heavy atom. The van der Waals surface area contributed by atoms with E-state index in [1.54, 1.807) is 17.1 Å². The maximum absolute atomic E-state index is 13.4. The highest BCUT2D eigenvalue weighted by Gasteiger charge is 2.43. The summed E-state index contributed by atoms with van der Waals surface area (Å²) in [5.74, 6) is 1.38. The number of carbonyl (C=O) groups is 1. The number of ether oxygens (including phenoxy) is 1. The SMILES string of the molecule is CC1(C)CC(=O)C2=C(C1)Oc1ncn3nc(CO/N=C/c4ccccc4)nc3c1C2c1ccccc1. The summed E-state index contributed by atoms with van der Waals surface area (Å²) in [7, 11) is 0. The Morgan fingerprint density at radius 2 is 1.86 bits per heavy atom. The minimum atomic E-state index is -0.334. The Kier molecular flexibility index (Phi) is 5.36. The smallest absolute Gasteiger partial charge is 0.228 e. The Hall–Kier alpha value is -4.33. The second-order valence-electron chi connectivity index (χ2n) is 9.90. The van der Waals surface area contributed by atoms with Gasteiger partial charge in [0.05, 0.1) is 11.8 Å². The standard InChI is InChI=1S/C28H25N5O3/c1-28(2)13-20(34)24-21(14-28)36-27-25(23(24)19-11-7-4-8-12-19)26-31-22(32-33(26)17-29-27)16-35-30-15-18-9-5-3-6-10-18/h3-12,15,17,23H,13-14,16H2,1-2H3/b30-15+. The molecule has 0 bridgehead atoms. The molecule has 0 radical (unpaired) electrons. The van der Waals surface area contributed by atoms with Crippen molar-refractivity contribution in [1.82, 2.24) is 19.6 Å². The van der Waals surface area contributed by atoms with Crippen LogP contribution in [0.4, 0.5) is 0 Å². The third-order valence-electron chi connectivity index (χ3n) is 6.51. The van der Waals surface area contributed by atoms with E-state index in [-0.39, 0.29) is 23.7 Å². The minimum absolute atomic E-state index is 0.0950. The first-order valence-corrected chi connectivity index (χ1v) is 11.9. The van der Waals surface area contributed by atoms with Gasteiger partial charge >= 0.3 is 0 Å². The molecule has 0 saturated carbocycles. The maximum Gasteiger partial charge on any atom is 0.228 e. The zero-order valence-electron chi connectivity index (χ0n) is 20.1. The minimum Gasteiger partial charge on any atom is -0.442 e. The van der Waals surface area contributed by atoms with E-state index in [0.717, 1.165) is 16.7 Å². The van der Waals surface area contributed by atoms with Gasteiger partial charge in [0.2, 0.25) is 5.88 Å². The monoisotopic (exact) mass is 479 g/mol. The van der Waals surface area contributed by atoms with Crippen LogP contribution in [-0.4, -0.2) is 31.6 Å². The highest BCUT2D eigenvalue weighted by Crippen LogP contribution is 2.50. The molecule has 1 aliphatic carbocycles. The van der Waals surface area contributed by atoms with Gasteiger partial charge in [-0.3, -0.25) is 4.79 Å². The highest BCUT2D eigenvalue weighted by molar-refractivity contribution is 6.00. The van der Waals surface area contributed by atoms with Crippen LogP contribution in [0.2, 0.25) is 0 Å². The lowest BCUT2D eigenvalue weighted by Gasteiger charge is -2.37. The fraction of sp³-hybridized carbons (Fsp3) is 0.250. The zero-order valence-corrected chi connectivity index (χ0v) is 20.1. The van der Waals surface area contributed by atoms with Gasteiger partial charge in [-0.15, -0.1) is 5.10 Å². The summed E-state index contributed by atoms with van der Waals surface area (Å²) in [6.07, 6.45) is 4.37. The van der Waals surface area contributed by atoms with E-state index in [1.807, 2.05) is 60.7 Å². The van der Waals surface area contributed by atoms with Crippen LogP contribution >= 0.6 is 0 Å². The molecular weight excluding hydrogens is 454 g/mol. The summed E-state index contributed by atoms with van der Waals surface area (Å²) < 4.78 is 7.88. The Labute approximate surface area is 208 Å². The quantitative estimate of drug-likeness (QED) is 0.300. The first kappa shape index (κ1) is 22.2. The second-order valence-corrected chi connectivity index (χ2v) is 9.90. The number of ketones is 1. The van der Waals surface area contributed by atoms with Gasteiger partial charge in [0.15, 0.2) is 23.9 Å². The lowest BCUT2D eigenvalue weighted by Crippen LogP contribution is -2.33. The summed E-state index contributed by atoms with van der Waals surface area (Å²) in [4.78, 5) is 28.2. The molecule has 0 saturated heterocycles. The van der Waals surface area contributed by atoms with Crippen LogP contribution in [0.15, 0.2) is 83.5 Å². The molecule has 2 aromatic carbocycles. The number of fused-ring (bicyclic) bond motifs is 3. The lowest BCUT2D eigenvalue weighted by molar-refractivity contribution is -0.118. The fourth-order valence-corrected chi connectivity index (χ4v) is 4.96. The van der Waals surface area contributed by atoms with Crippen molar-refractivity contribution in [1.29, 1.82) is 0 Å². The number of oxime groups is 1. The van der Waals surface area contributed by atoms with Gasteiger partial charge in [-0.05, 0) is 16.5 Å². The molecule has 36 heavy (non-hydrogen) atoms. The van der Waals surface area contributed by atoms with Crippen molar-refractivity contribution in [2.45, 2.75) is 39.2 Å². The third kappa shape index (κ3) is 4.04. The van der Waals surface area contributed by atoms with Crippen molar-refractivity contribution in [3.8, 4) is 5.88 Å². The molecule has 8 heteroatoms. The topological polar surface area (TPSA) is 91.0 Å². The molecule has 2 aromatic heterocycles. The number of carbonyl (C=O) groups excluding carboxylic acids is 1. The van der Waals surface area contributed by atoms with Crippen molar-refractivity contribution in [2.75, 3.05) is 0 Å². The van der Waals surface area contributed by atoms with Gasteiger partial charge in [0, 0.05) is 24.3 Å².